The highest BCUT2D eigenvalue weighted by Crippen LogP contribution is 2.39. The van der Waals surface area contributed by atoms with Crippen molar-refractivity contribution in [2.75, 3.05) is 12.0 Å². The number of anilines is 1. The summed E-state index contributed by atoms with van der Waals surface area (Å²) in [4.78, 5) is 39.2. The van der Waals surface area contributed by atoms with Crippen molar-refractivity contribution < 1.29 is 31.7 Å². The second-order valence-electron chi connectivity index (χ2n) is 8.61. The monoisotopic (exact) mass is 598 g/mol. The SMILES string of the molecule is COc1cc(/C=C2\C(=O)NC(=O)N(c3ccc(C)c(C)c3)C2=O)cc(Br)c1OS(=O)(=O)c1ccc(C)cc1. The molecule has 0 aliphatic carbocycles. The Morgan fingerprint density at radius 3 is 2.24 bits per heavy atom. The van der Waals surface area contributed by atoms with Crippen LogP contribution in [-0.4, -0.2) is 33.4 Å². The van der Waals surface area contributed by atoms with Crippen LogP contribution in [0.25, 0.3) is 6.08 Å². The molecule has 1 saturated heterocycles. The van der Waals surface area contributed by atoms with Crippen molar-refractivity contribution in [3.05, 3.63) is 86.9 Å². The van der Waals surface area contributed by atoms with E-state index < -0.39 is 28.0 Å². The second kappa shape index (κ2) is 10.4. The Morgan fingerprint density at radius 2 is 1.61 bits per heavy atom. The summed E-state index contributed by atoms with van der Waals surface area (Å²) in [6.45, 7) is 5.58. The van der Waals surface area contributed by atoms with Gasteiger partial charge in [0, 0.05) is 0 Å². The van der Waals surface area contributed by atoms with Gasteiger partial charge in [0.1, 0.15) is 10.5 Å². The van der Waals surface area contributed by atoms with Gasteiger partial charge in [-0.15, -0.1) is 0 Å². The zero-order valence-corrected chi connectivity index (χ0v) is 23.3. The van der Waals surface area contributed by atoms with Crippen molar-refractivity contribution in [3.8, 4) is 11.5 Å². The van der Waals surface area contributed by atoms with Gasteiger partial charge < -0.3 is 8.92 Å². The third kappa shape index (κ3) is 5.34. The predicted molar refractivity (Wildman–Crippen MR) is 145 cm³/mol. The van der Waals surface area contributed by atoms with E-state index in [-0.39, 0.29) is 26.4 Å². The van der Waals surface area contributed by atoms with Gasteiger partial charge in [0.15, 0.2) is 11.5 Å². The Balaban J connectivity index is 1.70. The first-order valence-corrected chi connectivity index (χ1v) is 13.5. The first kappa shape index (κ1) is 27.1. The van der Waals surface area contributed by atoms with Crippen molar-refractivity contribution in [2.24, 2.45) is 0 Å². The number of halogens is 1. The number of hydrogen-bond acceptors (Lipinski definition) is 7. The van der Waals surface area contributed by atoms with Gasteiger partial charge in [0.25, 0.3) is 11.8 Å². The number of urea groups is 1. The molecule has 0 radical (unpaired) electrons. The lowest BCUT2D eigenvalue weighted by Gasteiger charge is -2.27. The maximum Gasteiger partial charge on any atom is 0.339 e. The van der Waals surface area contributed by atoms with Gasteiger partial charge in [-0.25, -0.2) is 9.69 Å². The van der Waals surface area contributed by atoms with Gasteiger partial charge in [0.05, 0.1) is 17.3 Å². The van der Waals surface area contributed by atoms with Crippen molar-refractivity contribution >= 4 is 55.7 Å². The van der Waals surface area contributed by atoms with Crippen molar-refractivity contribution in [1.29, 1.82) is 0 Å². The quantitative estimate of drug-likeness (QED) is 0.245. The van der Waals surface area contributed by atoms with Crippen molar-refractivity contribution in [1.82, 2.24) is 5.32 Å². The number of ether oxygens (including phenoxy) is 1. The molecule has 0 aromatic heterocycles. The molecule has 1 aliphatic rings. The lowest BCUT2D eigenvalue weighted by Crippen LogP contribution is -2.54. The van der Waals surface area contributed by atoms with Crippen LogP contribution in [0.3, 0.4) is 0 Å². The second-order valence-corrected chi connectivity index (χ2v) is 11.0. The molecule has 38 heavy (non-hydrogen) atoms. The largest absolute Gasteiger partial charge is 0.493 e. The van der Waals surface area contributed by atoms with Crippen LogP contribution in [0, 0.1) is 20.8 Å². The molecule has 11 heteroatoms. The summed E-state index contributed by atoms with van der Waals surface area (Å²) in [5, 5.41) is 2.18. The lowest BCUT2D eigenvalue weighted by atomic mass is 10.0. The van der Waals surface area contributed by atoms with E-state index in [0.717, 1.165) is 21.6 Å². The number of carbonyl (C=O) groups is 3. The fourth-order valence-electron chi connectivity index (χ4n) is 3.69. The molecule has 0 unspecified atom stereocenters. The third-order valence-corrected chi connectivity index (χ3v) is 7.74. The molecule has 3 aromatic carbocycles. The van der Waals surface area contributed by atoms with Gasteiger partial charge >= 0.3 is 16.1 Å². The number of nitrogens with one attached hydrogen (secondary N) is 1. The molecule has 9 nitrogen and oxygen atoms in total. The zero-order chi connectivity index (χ0) is 27.8. The number of hydrogen-bond donors (Lipinski definition) is 1. The number of methoxy groups -OCH3 is 1. The average Bonchev–Trinajstić information content (AvgIpc) is 2.85. The van der Waals surface area contributed by atoms with Crippen LogP contribution in [0.2, 0.25) is 0 Å². The molecule has 4 amide bonds. The smallest absolute Gasteiger partial charge is 0.339 e. The molecule has 196 valence electrons. The summed E-state index contributed by atoms with van der Waals surface area (Å²) in [7, 11) is -2.86. The van der Waals surface area contributed by atoms with Gasteiger partial charge in [-0.1, -0.05) is 23.8 Å². The number of barbiturate groups is 1. The van der Waals surface area contributed by atoms with E-state index in [2.05, 4.69) is 21.2 Å². The van der Waals surface area contributed by atoms with E-state index in [1.165, 1.54) is 37.5 Å². The van der Waals surface area contributed by atoms with Gasteiger partial charge in [-0.3, -0.25) is 14.9 Å². The van der Waals surface area contributed by atoms with Crippen molar-refractivity contribution in [3.63, 3.8) is 0 Å². The summed E-state index contributed by atoms with van der Waals surface area (Å²) in [6, 6.07) is 13.3. The van der Waals surface area contributed by atoms with E-state index >= 15 is 0 Å². The normalized spacial score (nSPS) is 15.0. The van der Waals surface area contributed by atoms with E-state index in [4.69, 9.17) is 8.92 Å². The third-order valence-electron chi connectivity index (χ3n) is 5.92. The summed E-state index contributed by atoms with van der Waals surface area (Å²) in [5.74, 6) is -1.74. The van der Waals surface area contributed by atoms with Crippen LogP contribution in [-0.2, 0) is 19.7 Å². The molecule has 0 saturated carbocycles. The Kier molecular flexibility index (Phi) is 7.43. The highest BCUT2D eigenvalue weighted by Gasteiger charge is 2.37. The summed E-state index contributed by atoms with van der Waals surface area (Å²) in [5.41, 5.74) is 3.08. The van der Waals surface area contributed by atoms with Crippen molar-refractivity contribution in [2.45, 2.75) is 25.7 Å². The minimum Gasteiger partial charge on any atom is -0.493 e. The zero-order valence-electron chi connectivity index (χ0n) is 20.9. The average molecular weight is 599 g/mol. The highest BCUT2D eigenvalue weighted by molar-refractivity contribution is 9.10. The first-order chi connectivity index (χ1) is 17.9. The summed E-state index contributed by atoms with van der Waals surface area (Å²) in [6.07, 6.45) is 1.28. The summed E-state index contributed by atoms with van der Waals surface area (Å²) < 4.78 is 36.5. The van der Waals surface area contributed by atoms with E-state index in [0.29, 0.717) is 11.3 Å². The van der Waals surface area contributed by atoms with Crippen LogP contribution < -0.4 is 19.1 Å². The Morgan fingerprint density at radius 1 is 0.921 bits per heavy atom. The molecule has 1 aliphatic heterocycles. The van der Waals surface area contributed by atoms with Crippen LogP contribution >= 0.6 is 15.9 Å². The van der Waals surface area contributed by atoms with Gasteiger partial charge in [0.2, 0.25) is 0 Å². The molecule has 3 aromatic rings. The van der Waals surface area contributed by atoms with E-state index in [9.17, 15) is 22.8 Å². The molecule has 0 bridgehead atoms. The maximum absolute atomic E-state index is 13.3. The Hall–Kier alpha value is -3.96. The predicted octanol–water partition coefficient (Wildman–Crippen LogP) is 4.82. The molecule has 0 spiro atoms. The molecule has 1 N–H and O–H groups in total. The number of aryl methyl sites for hydroxylation is 3. The lowest BCUT2D eigenvalue weighted by molar-refractivity contribution is -0.122. The number of amides is 4. The number of rotatable bonds is 6. The molecule has 1 fully saturated rings. The van der Waals surface area contributed by atoms with Gasteiger partial charge in [-0.05, 0) is 95.9 Å². The number of benzene rings is 3. The summed E-state index contributed by atoms with van der Waals surface area (Å²) >= 11 is 3.29. The molecular weight excluding hydrogens is 576 g/mol. The minimum absolute atomic E-state index is 0.0349. The number of nitrogens with zero attached hydrogens (tertiary/aromatic N) is 1. The minimum atomic E-state index is -4.18. The van der Waals surface area contributed by atoms with Crippen LogP contribution in [0.1, 0.15) is 22.3 Å². The maximum atomic E-state index is 13.3. The number of carbonyl (C=O) groups excluding carboxylic acids is 3. The van der Waals surface area contributed by atoms with Crippen LogP contribution in [0.5, 0.6) is 11.5 Å². The molecule has 4 rings (SSSR count). The Bertz CT molecular complexity index is 1610. The molecule has 0 atom stereocenters. The van der Waals surface area contributed by atoms with Crippen LogP contribution in [0.4, 0.5) is 10.5 Å². The van der Waals surface area contributed by atoms with E-state index in [1.54, 1.807) is 30.3 Å². The van der Waals surface area contributed by atoms with Crippen LogP contribution in [0.15, 0.2) is 69.5 Å². The first-order valence-electron chi connectivity index (χ1n) is 11.3. The number of imide groups is 2. The molecule has 1 heterocycles. The van der Waals surface area contributed by atoms with E-state index in [1.807, 2.05) is 20.8 Å². The highest BCUT2D eigenvalue weighted by atomic mass is 79.9. The molecular formula is C27H23BrN2O7S. The Labute approximate surface area is 228 Å². The topological polar surface area (TPSA) is 119 Å². The fourth-order valence-corrected chi connectivity index (χ4v) is 5.29. The standard InChI is InChI=1S/C27H23BrN2O7S/c1-15-5-9-20(10-6-15)38(34,35)37-24-22(28)13-18(14-23(24)36-4)12-21-25(31)29-27(33)30(26(21)32)19-8-7-16(2)17(3)11-19/h5-14H,1-4H3,(H,29,31,33)/b21-12+. The fraction of sp³-hybridized carbons (Fsp3) is 0.148. The van der Waals surface area contributed by atoms with Gasteiger partial charge in [-0.2, -0.15) is 8.42 Å².